The molecule has 0 aromatic carbocycles. The lowest BCUT2D eigenvalue weighted by Crippen LogP contribution is -2.76. The zero-order valence-corrected chi connectivity index (χ0v) is 24.9. The summed E-state index contributed by atoms with van der Waals surface area (Å²) < 4.78 is 112. The molecular formula is C25H45F6N7O3S. The van der Waals surface area contributed by atoms with E-state index in [1.807, 2.05) is 14.1 Å². The summed E-state index contributed by atoms with van der Waals surface area (Å²) in [6.45, 7) is -0.853. The molecule has 2 heterocycles. The molecule has 0 amide bonds. The van der Waals surface area contributed by atoms with Gasteiger partial charge in [-0.1, -0.05) is 10.6 Å². The van der Waals surface area contributed by atoms with Crippen LogP contribution in [-0.2, 0) is 19.3 Å². The van der Waals surface area contributed by atoms with Gasteiger partial charge in [0.2, 0.25) is 0 Å². The first-order chi connectivity index (χ1) is 19.6. The Morgan fingerprint density at radius 3 is 2.02 bits per heavy atom. The van der Waals surface area contributed by atoms with Gasteiger partial charge < -0.3 is 14.2 Å². The molecule has 4 aliphatic rings. The van der Waals surface area contributed by atoms with Crippen LogP contribution in [0.15, 0.2) is 0 Å². The fourth-order valence-corrected chi connectivity index (χ4v) is 8.55. The number of hydrogen-bond acceptors (Lipinski definition) is 9. The lowest BCUT2D eigenvalue weighted by molar-refractivity contribution is -0.199. The third-order valence-electron chi connectivity index (χ3n) is 8.93. The van der Waals surface area contributed by atoms with Crippen LogP contribution in [0.4, 0.5) is 26.3 Å². The molecule has 6 unspecified atom stereocenters. The lowest BCUT2D eigenvalue weighted by Gasteiger charge is -2.44. The smallest absolute Gasteiger partial charge is 0.411 e. The maximum absolute atomic E-state index is 13.3. The number of piperidine rings is 1. The Balaban J connectivity index is 1.30. The fraction of sp³-hybridized carbons (Fsp3) is 1.00. The van der Waals surface area contributed by atoms with Gasteiger partial charge in [0.05, 0.1) is 5.92 Å². The van der Waals surface area contributed by atoms with E-state index in [9.17, 15) is 35.1 Å². The molecule has 6 atom stereocenters. The summed E-state index contributed by atoms with van der Waals surface area (Å²) in [5, 5.41) is 14.8. The van der Waals surface area contributed by atoms with Crippen molar-refractivity contribution in [2.24, 2.45) is 5.92 Å². The largest absolute Gasteiger partial charge is 0.597 e. The molecule has 0 bridgehead atoms. The van der Waals surface area contributed by atoms with Crippen molar-refractivity contribution in [1.82, 2.24) is 35.8 Å². The first-order valence-corrected chi connectivity index (χ1v) is 16.3. The zero-order chi connectivity index (χ0) is 30.7. The van der Waals surface area contributed by atoms with Crippen LogP contribution in [-0.4, -0.2) is 102 Å². The van der Waals surface area contributed by atoms with Crippen LogP contribution in [0.25, 0.3) is 0 Å². The maximum atomic E-state index is 13.3. The Bertz CT molecular complexity index is 901. The number of sulfonamides is 1. The summed E-state index contributed by atoms with van der Waals surface area (Å²) >= 11 is 0. The highest BCUT2D eigenvalue weighted by Gasteiger charge is 2.44. The monoisotopic (exact) mass is 637 g/mol. The average molecular weight is 638 g/mol. The number of nitrogens with one attached hydrogen (secondary N) is 5. The molecule has 4 rings (SSSR count). The minimum absolute atomic E-state index is 0.0576. The topological polar surface area (TPSA) is 116 Å². The zero-order valence-electron chi connectivity index (χ0n) is 24.1. The summed E-state index contributed by atoms with van der Waals surface area (Å²) in [5.41, 5.74) is 0. The van der Waals surface area contributed by atoms with Crippen LogP contribution < -0.4 is 26.6 Å². The maximum Gasteiger partial charge on any atom is 0.411 e. The van der Waals surface area contributed by atoms with Crippen LogP contribution in [0.1, 0.15) is 64.2 Å². The van der Waals surface area contributed by atoms with Crippen LogP contribution >= 0.6 is 0 Å². The first kappa shape index (κ1) is 34.2. The van der Waals surface area contributed by atoms with Crippen molar-refractivity contribution in [3.8, 4) is 0 Å². The Labute approximate surface area is 244 Å². The van der Waals surface area contributed by atoms with Crippen LogP contribution in [0, 0.1) is 5.92 Å². The Morgan fingerprint density at radius 1 is 0.881 bits per heavy atom. The molecule has 4 fully saturated rings. The normalized spacial score (nSPS) is 36.2. The third-order valence-corrected chi connectivity index (χ3v) is 11.3. The summed E-state index contributed by atoms with van der Waals surface area (Å²) in [4.78, 5) is 2.13. The number of halogens is 6. The number of alkyl halides is 6. The van der Waals surface area contributed by atoms with Gasteiger partial charge >= 0.3 is 12.4 Å². The molecule has 0 aromatic heterocycles. The van der Waals surface area contributed by atoms with Gasteiger partial charge in [0.25, 0.3) is 0 Å². The molecule has 10 nitrogen and oxygen atoms in total. The molecule has 2 saturated carbocycles. The Morgan fingerprint density at radius 2 is 1.48 bits per heavy atom. The van der Waals surface area contributed by atoms with E-state index in [0.717, 1.165) is 12.8 Å². The van der Waals surface area contributed by atoms with E-state index in [4.69, 9.17) is 4.74 Å². The molecular weight excluding hydrogens is 592 g/mol. The molecule has 0 aromatic rings. The van der Waals surface area contributed by atoms with Gasteiger partial charge in [-0.2, -0.15) is 26.3 Å². The first-order valence-electron chi connectivity index (χ1n) is 14.8. The van der Waals surface area contributed by atoms with Gasteiger partial charge in [-0.25, -0.2) is 0 Å². The minimum atomic E-state index is -4.56. The van der Waals surface area contributed by atoms with Gasteiger partial charge in [-0.15, -0.1) is 4.31 Å². The molecule has 0 spiro atoms. The van der Waals surface area contributed by atoms with Gasteiger partial charge in [0.1, 0.15) is 34.8 Å². The predicted molar refractivity (Wildman–Crippen MR) is 144 cm³/mol. The van der Waals surface area contributed by atoms with E-state index in [0.29, 0.717) is 57.7 Å². The fourth-order valence-electron chi connectivity index (χ4n) is 6.54. The van der Waals surface area contributed by atoms with Crippen molar-refractivity contribution < 1.29 is 39.8 Å². The Kier molecular flexibility index (Phi) is 11.6. The predicted octanol–water partition coefficient (Wildman–Crippen LogP) is 2.38. The van der Waals surface area contributed by atoms with Gasteiger partial charge in [0, 0.05) is 31.2 Å². The van der Waals surface area contributed by atoms with Crippen molar-refractivity contribution in [2.75, 3.05) is 33.8 Å². The second kappa shape index (κ2) is 14.2. The van der Waals surface area contributed by atoms with Crippen molar-refractivity contribution in [3.05, 3.63) is 0 Å². The van der Waals surface area contributed by atoms with Crippen LogP contribution in [0.5, 0.6) is 0 Å². The van der Waals surface area contributed by atoms with Gasteiger partial charge in [0.15, 0.2) is 6.35 Å². The highest BCUT2D eigenvalue weighted by Crippen LogP contribution is 2.37. The quantitative estimate of drug-likeness (QED) is 0.192. The molecule has 2 aliphatic carbocycles. The molecule has 2 saturated heterocycles. The highest BCUT2D eigenvalue weighted by atomic mass is 32.3. The summed E-state index contributed by atoms with van der Waals surface area (Å²) in [6, 6.07) is -0.237. The minimum Gasteiger partial charge on any atom is -0.597 e. The summed E-state index contributed by atoms with van der Waals surface area (Å²) in [5.74, 6) is -1.43. The molecule has 246 valence electrons. The number of hydrogen-bond donors (Lipinski definition) is 5. The Hall–Kier alpha value is -0.630. The lowest BCUT2D eigenvalue weighted by atomic mass is 9.85. The standard InChI is InChI=1S/C25H45F6N7O3S/c1-37(2)19-6-8-20(9-7-19)42(39,40)38-12-10-17(11-13-38)32-21-34-22(36-23(35-21)41-15-24(26,27)28)33-18-5-3-4-16(14-18)25(29,30)31/h16-23,32-36H,3-15H2,1-2H3. The third kappa shape index (κ3) is 9.68. The van der Waals surface area contributed by atoms with E-state index in [1.165, 1.54) is 0 Å². The second-order valence-electron chi connectivity index (χ2n) is 12.2. The van der Waals surface area contributed by atoms with E-state index >= 15 is 0 Å². The van der Waals surface area contributed by atoms with Crippen LogP contribution in [0.2, 0.25) is 0 Å². The summed E-state index contributed by atoms with van der Waals surface area (Å²) in [7, 11) is 0.579. The second-order valence-corrected chi connectivity index (χ2v) is 14.4. The van der Waals surface area contributed by atoms with Crippen LogP contribution in [0.3, 0.4) is 0 Å². The van der Waals surface area contributed by atoms with Gasteiger partial charge in [-0.3, -0.25) is 26.6 Å². The van der Waals surface area contributed by atoms with E-state index < -0.39 is 60.3 Å². The SMILES string of the molecule is CN(C)C1CCC([S+](=O)([O-])N2CCC(NC3NC(NC4CCCC(C(F)(F)F)C4)NC(OCC(F)(F)F)N3)CC2)CC1. The van der Waals surface area contributed by atoms with Crippen molar-refractivity contribution in [2.45, 2.75) is 119 Å². The van der Waals surface area contributed by atoms with E-state index in [-0.39, 0.29) is 24.1 Å². The molecule has 5 N–H and O–H groups in total. The summed E-state index contributed by atoms with van der Waals surface area (Å²) in [6.07, 6.45) is -6.87. The molecule has 2 aliphatic heterocycles. The van der Waals surface area contributed by atoms with Gasteiger partial charge in [-0.05, 0) is 71.9 Å². The highest BCUT2D eigenvalue weighted by molar-refractivity contribution is 7.96. The average Bonchev–Trinajstić information content (AvgIpc) is 2.91. The number of nitrogens with zero attached hydrogens (tertiary/aromatic N) is 2. The number of ether oxygens (including phenoxy) is 1. The molecule has 0 radical (unpaired) electrons. The molecule has 42 heavy (non-hydrogen) atoms. The van der Waals surface area contributed by atoms with E-state index in [2.05, 4.69) is 31.5 Å². The van der Waals surface area contributed by atoms with E-state index in [1.54, 1.807) is 4.31 Å². The van der Waals surface area contributed by atoms with Crippen molar-refractivity contribution in [1.29, 1.82) is 0 Å². The molecule has 17 heteroatoms. The van der Waals surface area contributed by atoms with Crippen molar-refractivity contribution >= 4 is 10.4 Å². The van der Waals surface area contributed by atoms with Crippen molar-refractivity contribution in [3.63, 3.8) is 0 Å². The number of rotatable bonds is 9.